The number of hydrogen-bond donors (Lipinski definition) is 3. The zero-order valence-electron chi connectivity index (χ0n) is 10.7. The van der Waals surface area contributed by atoms with Crippen LogP contribution in [0.2, 0.25) is 0 Å². The molecule has 1 heterocycles. The summed E-state index contributed by atoms with van der Waals surface area (Å²) < 4.78 is 0. The number of hydrogen-bond acceptors (Lipinski definition) is 4. The topological polar surface area (TPSA) is 112 Å². The molecular formula is C12H15N3O4. The van der Waals surface area contributed by atoms with E-state index in [-0.39, 0.29) is 11.5 Å². The molecule has 1 aromatic rings. The number of nitrogens with one attached hydrogen (secondary N) is 2. The van der Waals surface area contributed by atoms with E-state index >= 15 is 0 Å². The van der Waals surface area contributed by atoms with Gasteiger partial charge in [-0.15, -0.1) is 0 Å². The van der Waals surface area contributed by atoms with Crippen LogP contribution in [0.25, 0.3) is 0 Å². The highest BCUT2D eigenvalue weighted by molar-refractivity contribution is 5.97. The molecule has 0 aliphatic heterocycles. The van der Waals surface area contributed by atoms with Crippen molar-refractivity contribution in [1.29, 1.82) is 0 Å². The van der Waals surface area contributed by atoms with Crippen molar-refractivity contribution in [3.05, 3.63) is 27.2 Å². The van der Waals surface area contributed by atoms with Crippen LogP contribution in [0.4, 0.5) is 0 Å². The Hall–Kier alpha value is -2.18. The van der Waals surface area contributed by atoms with E-state index in [2.05, 4.69) is 15.5 Å². The largest absolute Gasteiger partial charge is 0.480 e. The minimum atomic E-state index is -1.07. The van der Waals surface area contributed by atoms with Gasteiger partial charge >= 0.3 is 5.97 Å². The van der Waals surface area contributed by atoms with Crippen molar-refractivity contribution in [3.63, 3.8) is 0 Å². The van der Waals surface area contributed by atoms with Gasteiger partial charge in [0.05, 0.1) is 5.69 Å². The molecule has 2 rings (SSSR count). The van der Waals surface area contributed by atoms with E-state index in [0.717, 1.165) is 12.8 Å². The Balaban J connectivity index is 2.27. The summed E-state index contributed by atoms with van der Waals surface area (Å²) >= 11 is 0. The van der Waals surface area contributed by atoms with Crippen molar-refractivity contribution < 1.29 is 14.7 Å². The maximum Gasteiger partial charge on any atom is 0.326 e. The molecule has 0 spiro atoms. The molecule has 1 aromatic heterocycles. The Bertz CT molecular complexity index is 589. The Morgan fingerprint density at radius 3 is 2.58 bits per heavy atom. The highest BCUT2D eigenvalue weighted by Crippen LogP contribution is 2.32. The van der Waals surface area contributed by atoms with E-state index in [0.29, 0.717) is 11.3 Å². The van der Waals surface area contributed by atoms with Gasteiger partial charge in [-0.3, -0.25) is 9.59 Å². The molecule has 1 unspecified atom stereocenters. The second kappa shape index (κ2) is 4.83. The Morgan fingerprint density at radius 1 is 1.42 bits per heavy atom. The third-order valence-corrected chi connectivity index (χ3v) is 3.34. The number of carboxylic acids is 1. The van der Waals surface area contributed by atoms with Gasteiger partial charge in [0.25, 0.3) is 11.5 Å². The van der Waals surface area contributed by atoms with Gasteiger partial charge in [0.1, 0.15) is 11.6 Å². The number of aliphatic carboxylic acids is 1. The van der Waals surface area contributed by atoms with Crippen molar-refractivity contribution in [2.75, 3.05) is 0 Å². The van der Waals surface area contributed by atoms with Gasteiger partial charge in [0.2, 0.25) is 0 Å². The second-order valence-electron chi connectivity index (χ2n) is 4.76. The van der Waals surface area contributed by atoms with Crippen LogP contribution in [0.1, 0.15) is 34.5 Å². The number of aromatic nitrogens is 2. The van der Waals surface area contributed by atoms with Crippen LogP contribution in [0.5, 0.6) is 0 Å². The molecule has 1 amide bonds. The zero-order valence-corrected chi connectivity index (χ0v) is 10.7. The number of amides is 1. The Morgan fingerprint density at radius 2 is 2.05 bits per heavy atom. The molecular weight excluding hydrogens is 250 g/mol. The van der Waals surface area contributed by atoms with Gasteiger partial charge in [-0.2, -0.15) is 5.10 Å². The average molecular weight is 265 g/mol. The summed E-state index contributed by atoms with van der Waals surface area (Å²) in [5.41, 5.74) is 0.309. The number of carboxylic acid groups (broad SMARTS) is 1. The lowest BCUT2D eigenvalue weighted by Crippen LogP contribution is -2.44. The van der Waals surface area contributed by atoms with Crippen LogP contribution in [-0.4, -0.2) is 33.2 Å². The maximum absolute atomic E-state index is 12.1. The highest BCUT2D eigenvalue weighted by atomic mass is 16.4. The molecule has 1 aliphatic carbocycles. The van der Waals surface area contributed by atoms with Gasteiger partial charge in [0.15, 0.2) is 0 Å². The molecule has 3 N–H and O–H groups in total. The third kappa shape index (κ3) is 2.64. The molecule has 1 aliphatic rings. The van der Waals surface area contributed by atoms with Crippen molar-refractivity contribution in [2.45, 2.75) is 32.7 Å². The van der Waals surface area contributed by atoms with Gasteiger partial charge in [-0.1, -0.05) is 0 Å². The molecule has 1 saturated carbocycles. The third-order valence-electron chi connectivity index (χ3n) is 3.34. The summed E-state index contributed by atoms with van der Waals surface area (Å²) in [6.45, 7) is 3.27. The standard InChI is InChI=1S/C12H15N3O4/c1-5-6(2)14-15-11(17)8(5)10(16)13-9(12(18)19)7-3-4-7/h7,9H,3-4H2,1-2H3,(H,13,16)(H,15,17)(H,18,19). The van der Waals surface area contributed by atoms with Gasteiger partial charge in [-0.25, -0.2) is 9.89 Å². The number of aromatic amines is 1. The summed E-state index contributed by atoms with van der Waals surface area (Å²) in [5, 5.41) is 17.4. The molecule has 7 heteroatoms. The second-order valence-corrected chi connectivity index (χ2v) is 4.76. The number of nitrogens with zero attached hydrogens (tertiary/aromatic N) is 1. The van der Waals surface area contributed by atoms with E-state index in [1.807, 2.05) is 0 Å². The van der Waals surface area contributed by atoms with E-state index in [1.54, 1.807) is 13.8 Å². The van der Waals surface area contributed by atoms with Gasteiger partial charge in [-0.05, 0) is 38.2 Å². The molecule has 0 bridgehead atoms. The monoisotopic (exact) mass is 265 g/mol. The zero-order chi connectivity index (χ0) is 14.2. The van der Waals surface area contributed by atoms with E-state index in [1.165, 1.54) is 0 Å². The number of H-pyrrole nitrogens is 1. The Kier molecular flexibility index (Phi) is 3.37. The molecule has 0 aromatic carbocycles. The van der Waals surface area contributed by atoms with Crippen molar-refractivity contribution in [2.24, 2.45) is 5.92 Å². The van der Waals surface area contributed by atoms with E-state index in [4.69, 9.17) is 5.11 Å². The van der Waals surface area contributed by atoms with Gasteiger partial charge in [0, 0.05) is 0 Å². The summed E-state index contributed by atoms with van der Waals surface area (Å²) in [7, 11) is 0. The van der Waals surface area contributed by atoms with Crippen molar-refractivity contribution >= 4 is 11.9 Å². The molecule has 0 radical (unpaired) electrons. The number of carbonyl (C=O) groups is 2. The normalized spacial score (nSPS) is 15.9. The summed E-state index contributed by atoms with van der Waals surface area (Å²) in [5.74, 6) is -1.77. The summed E-state index contributed by atoms with van der Waals surface area (Å²) in [6, 6.07) is -0.931. The molecule has 19 heavy (non-hydrogen) atoms. The smallest absolute Gasteiger partial charge is 0.326 e. The lowest BCUT2D eigenvalue weighted by molar-refractivity contribution is -0.139. The molecule has 7 nitrogen and oxygen atoms in total. The van der Waals surface area contributed by atoms with Crippen molar-refractivity contribution in [3.8, 4) is 0 Å². The van der Waals surface area contributed by atoms with Crippen LogP contribution in [0.15, 0.2) is 4.79 Å². The van der Waals surface area contributed by atoms with E-state index < -0.39 is 23.5 Å². The summed E-state index contributed by atoms with van der Waals surface area (Å²) in [6.07, 6.45) is 1.56. The first-order valence-corrected chi connectivity index (χ1v) is 6.01. The van der Waals surface area contributed by atoms with Crippen LogP contribution < -0.4 is 10.9 Å². The minimum absolute atomic E-state index is 0.0382. The fourth-order valence-electron chi connectivity index (χ4n) is 1.92. The maximum atomic E-state index is 12.1. The van der Waals surface area contributed by atoms with Crippen LogP contribution >= 0.6 is 0 Å². The van der Waals surface area contributed by atoms with E-state index in [9.17, 15) is 14.4 Å². The Labute approximate surface area is 109 Å². The first-order chi connectivity index (χ1) is 8.91. The number of aryl methyl sites for hydroxylation is 1. The predicted octanol–water partition coefficient (Wildman–Crippen LogP) is -0.0203. The average Bonchev–Trinajstić information content (AvgIpc) is 3.15. The van der Waals surface area contributed by atoms with Crippen LogP contribution in [-0.2, 0) is 4.79 Å². The first-order valence-electron chi connectivity index (χ1n) is 6.01. The molecule has 0 saturated heterocycles. The van der Waals surface area contributed by atoms with Crippen LogP contribution in [0.3, 0.4) is 0 Å². The first kappa shape index (κ1) is 13.3. The molecule has 102 valence electrons. The quantitative estimate of drug-likeness (QED) is 0.708. The van der Waals surface area contributed by atoms with Gasteiger partial charge < -0.3 is 10.4 Å². The lowest BCUT2D eigenvalue weighted by atomic mass is 10.1. The SMILES string of the molecule is Cc1n[nH]c(=O)c(C(=O)NC(C(=O)O)C2CC2)c1C. The van der Waals surface area contributed by atoms with Crippen molar-refractivity contribution in [1.82, 2.24) is 15.5 Å². The minimum Gasteiger partial charge on any atom is -0.480 e. The van der Waals surface area contributed by atoms with Crippen LogP contribution in [0, 0.1) is 19.8 Å². The molecule has 1 atom stereocenters. The fourth-order valence-corrected chi connectivity index (χ4v) is 1.92. The number of rotatable bonds is 4. The predicted molar refractivity (Wildman–Crippen MR) is 65.9 cm³/mol. The fraction of sp³-hybridized carbons (Fsp3) is 0.500. The summed E-state index contributed by atoms with van der Waals surface area (Å²) in [4.78, 5) is 34.8. The highest BCUT2D eigenvalue weighted by Gasteiger charge is 2.37. The number of carbonyl (C=O) groups excluding carboxylic acids is 1. The lowest BCUT2D eigenvalue weighted by Gasteiger charge is -2.14. The molecule has 1 fully saturated rings.